The Bertz CT molecular complexity index is 625. The van der Waals surface area contributed by atoms with Gasteiger partial charge in [-0.15, -0.1) is 11.3 Å². The topological polar surface area (TPSA) is 68.3 Å². The van der Waals surface area contributed by atoms with Gasteiger partial charge in [-0.3, -0.25) is 4.79 Å². The van der Waals surface area contributed by atoms with Crippen LogP contribution in [0.15, 0.2) is 34.4 Å². The maximum absolute atomic E-state index is 12.0. The molecule has 0 fully saturated rings. The molecular formula is C13H11BrN2O3S. The normalized spacial score (nSPS) is 10.1. The molecule has 7 heteroatoms. The van der Waals surface area contributed by atoms with E-state index in [2.05, 4.69) is 26.2 Å². The van der Waals surface area contributed by atoms with Crippen molar-refractivity contribution in [1.29, 1.82) is 0 Å². The summed E-state index contributed by atoms with van der Waals surface area (Å²) in [5.74, 6) is -0.768. The number of hydrogen-bond donors (Lipinski definition) is 1. The Morgan fingerprint density at radius 2 is 2.20 bits per heavy atom. The summed E-state index contributed by atoms with van der Waals surface area (Å²) in [7, 11) is 0. The van der Waals surface area contributed by atoms with Gasteiger partial charge >= 0.3 is 5.97 Å². The van der Waals surface area contributed by atoms with Crippen molar-refractivity contribution in [3.8, 4) is 0 Å². The van der Waals surface area contributed by atoms with Crippen molar-refractivity contribution in [1.82, 2.24) is 4.98 Å². The van der Waals surface area contributed by atoms with E-state index in [9.17, 15) is 9.59 Å². The summed E-state index contributed by atoms with van der Waals surface area (Å²) in [6.45, 7) is 2.02. The van der Waals surface area contributed by atoms with Crippen molar-refractivity contribution in [2.75, 3.05) is 11.9 Å². The molecule has 0 saturated carbocycles. The average molecular weight is 355 g/mol. The molecular weight excluding hydrogens is 344 g/mol. The first kappa shape index (κ1) is 14.7. The molecule has 2 heterocycles. The van der Waals surface area contributed by atoms with E-state index in [0.29, 0.717) is 27.3 Å². The number of carbonyl (C=O) groups excluding carboxylic acids is 2. The van der Waals surface area contributed by atoms with Gasteiger partial charge in [-0.2, -0.15) is 0 Å². The van der Waals surface area contributed by atoms with Crippen LogP contribution in [0.4, 0.5) is 5.00 Å². The number of aromatic nitrogens is 1. The fourth-order valence-corrected chi connectivity index (χ4v) is 2.47. The minimum absolute atomic E-state index is 0.290. The Balaban J connectivity index is 2.14. The molecule has 2 aromatic rings. The highest BCUT2D eigenvalue weighted by molar-refractivity contribution is 9.10. The molecule has 0 saturated heterocycles. The molecule has 2 rings (SSSR count). The number of hydrogen-bond acceptors (Lipinski definition) is 5. The zero-order valence-corrected chi connectivity index (χ0v) is 13.0. The molecule has 0 aliphatic heterocycles. The van der Waals surface area contributed by atoms with Crippen LogP contribution in [0, 0.1) is 0 Å². The van der Waals surface area contributed by atoms with E-state index in [1.54, 1.807) is 30.5 Å². The average Bonchev–Trinajstić information content (AvgIpc) is 2.88. The van der Waals surface area contributed by atoms with Crippen molar-refractivity contribution >= 4 is 44.1 Å². The molecule has 1 amide bonds. The van der Waals surface area contributed by atoms with E-state index in [1.807, 2.05) is 0 Å². The number of ether oxygens (including phenoxy) is 1. The maximum Gasteiger partial charge on any atom is 0.341 e. The molecule has 0 radical (unpaired) electrons. The number of esters is 1. The summed E-state index contributed by atoms with van der Waals surface area (Å²) in [5, 5.41) is 4.88. The van der Waals surface area contributed by atoms with E-state index in [1.165, 1.54) is 17.5 Å². The van der Waals surface area contributed by atoms with Crippen LogP contribution in [0.25, 0.3) is 0 Å². The van der Waals surface area contributed by atoms with Gasteiger partial charge in [0, 0.05) is 6.20 Å². The van der Waals surface area contributed by atoms with E-state index in [-0.39, 0.29) is 5.91 Å². The highest BCUT2D eigenvalue weighted by Crippen LogP contribution is 2.24. The summed E-state index contributed by atoms with van der Waals surface area (Å²) in [5.41, 5.74) is 0.770. The molecule has 0 unspecified atom stereocenters. The fourth-order valence-electron chi connectivity index (χ4n) is 1.46. The second kappa shape index (κ2) is 6.62. The first-order valence-electron chi connectivity index (χ1n) is 5.79. The zero-order chi connectivity index (χ0) is 14.5. The largest absolute Gasteiger partial charge is 0.462 e. The molecule has 0 spiro atoms. The van der Waals surface area contributed by atoms with Crippen LogP contribution in [0.1, 0.15) is 27.6 Å². The quantitative estimate of drug-likeness (QED) is 0.675. The van der Waals surface area contributed by atoms with E-state index in [0.717, 1.165) is 0 Å². The highest BCUT2D eigenvalue weighted by atomic mass is 79.9. The van der Waals surface area contributed by atoms with Crippen LogP contribution in [-0.2, 0) is 4.74 Å². The van der Waals surface area contributed by atoms with Crippen molar-refractivity contribution in [2.24, 2.45) is 0 Å². The van der Waals surface area contributed by atoms with Crippen molar-refractivity contribution < 1.29 is 14.3 Å². The lowest BCUT2D eigenvalue weighted by molar-refractivity contribution is 0.0528. The number of nitrogens with zero attached hydrogens (tertiary/aromatic N) is 1. The van der Waals surface area contributed by atoms with E-state index >= 15 is 0 Å². The number of pyridine rings is 1. The molecule has 104 valence electrons. The zero-order valence-electron chi connectivity index (χ0n) is 10.6. The standard InChI is InChI=1S/C13H11BrN2O3S/c1-2-19-13(18)9-5-6-20-12(9)16-11(17)8-3-4-10(14)15-7-8/h3-7H,2H2,1H3,(H,16,17). The predicted octanol–water partition coefficient (Wildman–Crippen LogP) is 3.33. The summed E-state index contributed by atoms with van der Waals surface area (Å²) >= 11 is 4.47. The third kappa shape index (κ3) is 3.43. The molecule has 1 N–H and O–H groups in total. The van der Waals surface area contributed by atoms with Gasteiger partial charge in [-0.1, -0.05) is 0 Å². The summed E-state index contributed by atoms with van der Waals surface area (Å²) in [4.78, 5) is 27.7. The van der Waals surface area contributed by atoms with E-state index in [4.69, 9.17) is 4.74 Å². The van der Waals surface area contributed by atoms with Crippen molar-refractivity contribution in [3.05, 3.63) is 45.5 Å². The lowest BCUT2D eigenvalue weighted by atomic mass is 10.2. The number of rotatable bonds is 4. The first-order valence-corrected chi connectivity index (χ1v) is 7.46. The number of thiophene rings is 1. The molecule has 0 aliphatic carbocycles. The monoisotopic (exact) mass is 354 g/mol. The molecule has 2 aromatic heterocycles. The number of halogens is 1. The number of carbonyl (C=O) groups is 2. The summed E-state index contributed by atoms with van der Waals surface area (Å²) < 4.78 is 5.58. The Morgan fingerprint density at radius 1 is 1.40 bits per heavy atom. The van der Waals surface area contributed by atoms with Gasteiger partial charge in [0.25, 0.3) is 5.91 Å². The van der Waals surface area contributed by atoms with Gasteiger partial charge in [-0.25, -0.2) is 9.78 Å². The smallest absolute Gasteiger partial charge is 0.341 e. The highest BCUT2D eigenvalue weighted by Gasteiger charge is 2.16. The number of amides is 1. The minimum Gasteiger partial charge on any atom is -0.462 e. The number of nitrogens with one attached hydrogen (secondary N) is 1. The van der Waals surface area contributed by atoms with Crippen LogP contribution in [-0.4, -0.2) is 23.5 Å². The van der Waals surface area contributed by atoms with Gasteiger partial charge in [0.05, 0.1) is 17.7 Å². The van der Waals surface area contributed by atoms with Crippen LogP contribution in [0.2, 0.25) is 0 Å². The molecule has 0 atom stereocenters. The third-order valence-corrected chi connectivity index (χ3v) is 3.68. The molecule has 0 bridgehead atoms. The SMILES string of the molecule is CCOC(=O)c1ccsc1NC(=O)c1ccc(Br)nc1. The van der Waals surface area contributed by atoms with Crippen LogP contribution < -0.4 is 5.32 Å². The lowest BCUT2D eigenvalue weighted by Crippen LogP contribution is -2.14. The van der Waals surface area contributed by atoms with Gasteiger partial charge in [0.2, 0.25) is 0 Å². The maximum atomic E-state index is 12.0. The predicted molar refractivity (Wildman–Crippen MR) is 80.2 cm³/mol. The Kier molecular flexibility index (Phi) is 4.86. The van der Waals surface area contributed by atoms with Crippen molar-refractivity contribution in [3.63, 3.8) is 0 Å². The Morgan fingerprint density at radius 3 is 2.85 bits per heavy atom. The summed E-state index contributed by atoms with van der Waals surface area (Å²) in [6, 6.07) is 4.94. The van der Waals surface area contributed by atoms with Gasteiger partial charge in [-0.05, 0) is 46.4 Å². The molecule has 20 heavy (non-hydrogen) atoms. The molecule has 5 nitrogen and oxygen atoms in total. The second-order valence-electron chi connectivity index (χ2n) is 3.71. The lowest BCUT2D eigenvalue weighted by Gasteiger charge is -2.06. The van der Waals surface area contributed by atoms with Crippen LogP contribution >= 0.6 is 27.3 Å². The van der Waals surface area contributed by atoms with Gasteiger partial charge in [0.15, 0.2) is 0 Å². The summed E-state index contributed by atoms with van der Waals surface area (Å²) in [6.07, 6.45) is 1.46. The minimum atomic E-state index is -0.446. The Hall–Kier alpha value is -1.73. The van der Waals surface area contributed by atoms with Crippen LogP contribution in [0.3, 0.4) is 0 Å². The van der Waals surface area contributed by atoms with Crippen LogP contribution in [0.5, 0.6) is 0 Å². The molecule has 0 aliphatic rings. The third-order valence-electron chi connectivity index (χ3n) is 2.38. The van der Waals surface area contributed by atoms with Gasteiger partial charge in [0.1, 0.15) is 9.60 Å². The second-order valence-corrected chi connectivity index (χ2v) is 5.44. The first-order chi connectivity index (χ1) is 9.61. The van der Waals surface area contributed by atoms with E-state index < -0.39 is 5.97 Å². The number of anilines is 1. The van der Waals surface area contributed by atoms with Gasteiger partial charge < -0.3 is 10.1 Å². The van der Waals surface area contributed by atoms with Crippen molar-refractivity contribution in [2.45, 2.75) is 6.92 Å². The fraction of sp³-hybridized carbons (Fsp3) is 0.154. The molecule has 0 aromatic carbocycles. The Labute approximate surface area is 128 Å².